The molecule has 0 heterocycles. The summed E-state index contributed by atoms with van der Waals surface area (Å²) in [6.45, 7) is 0. The molecule has 0 aliphatic heterocycles. The summed E-state index contributed by atoms with van der Waals surface area (Å²) in [4.78, 5) is 12.6. The van der Waals surface area contributed by atoms with Crippen LogP contribution in [0.25, 0.3) is 0 Å². The van der Waals surface area contributed by atoms with Gasteiger partial charge in [0.15, 0.2) is 5.78 Å². The molecule has 1 aliphatic rings. The number of halogens is 2. The third-order valence-electron chi connectivity index (χ3n) is 4.42. The smallest absolute Gasteiger partial charge is 0.194 e. The Morgan fingerprint density at radius 2 is 1.68 bits per heavy atom. The van der Waals surface area contributed by atoms with Crippen LogP contribution in [-0.2, 0) is 0 Å². The van der Waals surface area contributed by atoms with Gasteiger partial charge in [-0.25, -0.2) is 0 Å². The van der Waals surface area contributed by atoms with Crippen molar-refractivity contribution in [1.82, 2.24) is 0 Å². The number of hydrogen-bond acceptors (Lipinski definition) is 1. The molecule has 0 bridgehead atoms. The predicted molar refractivity (Wildman–Crippen MR) is 94.9 cm³/mol. The zero-order valence-electron chi connectivity index (χ0n) is 12.3. The van der Waals surface area contributed by atoms with Gasteiger partial charge in [0, 0.05) is 15.6 Å². The number of carbonyl (C=O) groups is 1. The Labute approximate surface area is 144 Å². The Morgan fingerprint density at radius 3 is 2.36 bits per heavy atom. The molecule has 1 saturated carbocycles. The summed E-state index contributed by atoms with van der Waals surface area (Å²) >= 11 is 9.54. The lowest BCUT2D eigenvalue weighted by atomic mass is 9.84. The molecule has 22 heavy (non-hydrogen) atoms. The van der Waals surface area contributed by atoms with Crippen molar-refractivity contribution in [2.24, 2.45) is 0 Å². The van der Waals surface area contributed by atoms with Crippen molar-refractivity contribution in [3.8, 4) is 0 Å². The van der Waals surface area contributed by atoms with Gasteiger partial charge in [-0.05, 0) is 42.5 Å². The summed E-state index contributed by atoms with van der Waals surface area (Å²) in [5.41, 5.74) is 2.60. The standard InChI is InChI=1S/C19H18BrClO/c20-16-10-11-18(21)17(12-16)19(22)15-8-6-14(7-9-15)13-4-2-1-3-5-13/h6-13H,1-5H2. The van der Waals surface area contributed by atoms with E-state index in [2.05, 4.69) is 28.1 Å². The lowest BCUT2D eigenvalue weighted by Gasteiger charge is -2.22. The lowest BCUT2D eigenvalue weighted by Crippen LogP contribution is -2.06. The van der Waals surface area contributed by atoms with Crippen LogP contribution in [0.15, 0.2) is 46.9 Å². The number of benzene rings is 2. The maximum Gasteiger partial charge on any atom is 0.194 e. The molecule has 0 amide bonds. The first kappa shape index (κ1) is 15.8. The van der Waals surface area contributed by atoms with Crippen LogP contribution in [-0.4, -0.2) is 5.78 Å². The molecule has 1 aliphatic carbocycles. The van der Waals surface area contributed by atoms with Crippen LogP contribution in [0.5, 0.6) is 0 Å². The van der Waals surface area contributed by atoms with Crippen LogP contribution in [0.3, 0.4) is 0 Å². The normalized spacial score (nSPS) is 15.7. The quantitative estimate of drug-likeness (QED) is 0.567. The summed E-state index contributed by atoms with van der Waals surface area (Å²) in [5, 5.41) is 0.490. The molecule has 0 atom stereocenters. The van der Waals surface area contributed by atoms with Gasteiger partial charge in [0.1, 0.15) is 0 Å². The van der Waals surface area contributed by atoms with E-state index in [0.717, 1.165) is 4.47 Å². The van der Waals surface area contributed by atoms with E-state index in [-0.39, 0.29) is 5.78 Å². The van der Waals surface area contributed by atoms with Crippen LogP contribution in [0.2, 0.25) is 5.02 Å². The van der Waals surface area contributed by atoms with Crippen LogP contribution >= 0.6 is 27.5 Å². The maximum atomic E-state index is 12.6. The predicted octanol–water partition coefficient (Wildman–Crippen LogP) is 6.38. The van der Waals surface area contributed by atoms with Crippen molar-refractivity contribution in [3.05, 3.63) is 68.7 Å². The van der Waals surface area contributed by atoms with Crippen LogP contribution < -0.4 is 0 Å². The van der Waals surface area contributed by atoms with Crippen molar-refractivity contribution in [1.29, 1.82) is 0 Å². The van der Waals surface area contributed by atoms with Gasteiger partial charge in [0.05, 0.1) is 5.02 Å². The summed E-state index contributed by atoms with van der Waals surface area (Å²) < 4.78 is 0.860. The van der Waals surface area contributed by atoms with Crippen molar-refractivity contribution in [2.45, 2.75) is 38.0 Å². The van der Waals surface area contributed by atoms with E-state index in [1.54, 1.807) is 12.1 Å². The van der Waals surface area contributed by atoms with Gasteiger partial charge in [-0.3, -0.25) is 4.79 Å². The Morgan fingerprint density at radius 1 is 1.00 bits per heavy atom. The van der Waals surface area contributed by atoms with Gasteiger partial charge in [0.2, 0.25) is 0 Å². The molecule has 0 spiro atoms. The summed E-state index contributed by atoms with van der Waals surface area (Å²) in [6.07, 6.45) is 6.53. The van der Waals surface area contributed by atoms with E-state index < -0.39 is 0 Å². The van der Waals surface area contributed by atoms with Crippen LogP contribution in [0.1, 0.15) is 59.5 Å². The highest BCUT2D eigenvalue weighted by molar-refractivity contribution is 9.10. The minimum Gasteiger partial charge on any atom is -0.289 e. The minimum absolute atomic E-state index is 0.0264. The SMILES string of the molecule is O=C(c1ccc(C2CCCCC2)cc1)c1cc(Br)ccc1Cl. The van der Waals surface area contributed by atoms with Gasteiger partial charge < -0.3 is 0 Å². The molecule has 3 rings (SSSR count). The second kappa shape index (κ2) is 6.97. The summed E-state index contributed by atoms with van der Waals surface area (Å²) in [6, 6.07) is 13.4. The largest absolute Gasteiger partial charge is 0.289 e. The average molecular weight is 378 g/mol. The molecule has 1 nitrogen and oxygen atoms in total. The summed E-state index contributed by atoms with van der Waals surface area (Å²) in [5.74, 6) is 0.633. The fourth-order valence-corrected chi connectivity index (χ4v) is 3.73. The highest BCUT2D eigenvalue weighted by Crippen LogP contribution is 2.33. The van der Waals surface area contributed by atoms with Crippen molar-refractivity contribution >= 4 is 33.3 Å². The molecule has 3 heteroatoms. The van der Waals surface area contributed by atoms with Crippen molar-refractivity contribution in [3.63, 3.8) is 0 Å². The Bertz CT molecular complexity index is 672. The van der Waals surface area contributed by atoms with Gasteiger partial charge in [-0.15, -0.1) is 0 Å². The van der Waals surface area contributed by atoms with E-state index in [1.807, 2.05) is 18.2 Å². The molecule has 2 aromatic carbocycles. The van der Waals surface area contributed by atoms with Crippen molar-refractivity contribution in [2.75, 3.05) is 0 Å². The highest BCUT2D eigenvalue weighted by atomic mass is 79.9. The summed E-state index contributed by atoms with van der Waals surface area (Å²) in [7, 11) is 0. The highest BCUT2D eigenvalue weighted by Gasteiger charge is 2.17. The van der Waals surface area contributed by atoms with E-state index >= 15 is 0 Å². The minimum atomic E-state index is -0.0264. The maximum absolute atomic E-state index is 12.6. The molecular weight excluding hydrogens is 360 g/mol. The van der Waals surface area contributed by atoms with Gasteiger partial charge in [0.25, 0.3) is 0 Å². The third kappa shape index (κ3) is 3.44. The molecular formula is C19H18BrClO. The first-order valence-electron chi connectivity index (χ1n) is 7.75. The van der Waals surface area contributed by atoms with Gasteiger partial charge in [-0.2, -0.15) is 0 Å². The second-order valence-electron chi connectivity index (χ2n) is 5.91. The number of rotatable bonds is 3. The average Bonchev–Trinajstić information content (AvgIpc) is 2.57. The molecule has 1 fully saturated rings. The number of ketones is 1. The molecule has 0 saturated heterocycles. The molecule has 0 unspecified atom stereocenters. The van der Waals surface area contributed by atoms with E-state index in [4.69, 9.17) is 11.6 Å². The molecule has 2 aromatic rings. The lowest BCUT2D eigenvalue weighted by molar-refractivity contribution is 0.103. The zero-order valence-corrected chi connectivity index (χ0v) is 14.7. The monoisotopic (exact) mass is 376 g/mol. The Hall–Kier alpha value is -1.12. The Balaban J connectivity index is 1.82. The Kier molecular flexibility index (Phi) is 5.00. The fraction of sp³-hybridized carbons (Fsp3) is 0.316. The first-order chi connectivity index (χ1) is 10.6. The fourth-order valence-electron chi connectivity index (χ4n) is 3.17. The topological polar surface area (TPSA) is 17.1 Å². The third-order valence-corrected chi connectivity index (χ3v) is 5.25. The number of carbonyl (C=O) groups excluding carboxylic acids is 1. The van der Waals surface area contributed by atoms with E-state index in [1.165, 1.54) is 37.7 Å². The molecule has 0 radical (unpaired) electrons. The van der Waals surface area contributed by atoms with Crippen LogP contribution in [0, 0.1) is 0 Å². The van der Waals surface area contributed by atoms with E-state index in [0.29, 0.717) is 22.1 Å². The first-order valence-corrected chi connectivity index (χ1v) is 8.92. The molecule has 0 aromatic heterocycles. The van der Waals surface area contributed by atoms with Crippen LogP contribution in [0.4, 0.5) is 0 Å². The second-order valence-corrected chi connectivity index (χ2v) is 7.23. The van der Waals surface area contributed by atoms with Gasteiger partial charge >= 0.3 is 0 Å². The molecule has 0 N–H and O–H groups in total. The number of hydrogen-bond donors (Lipinski definition) is 0. The van der Waals surface area contributed by atoms with Crippen molar-refractivity contribution < 1.29 is 4.79 Å². The van der Waals surface area contributed by atoms with E-state index in [9.17, 15) is 4.79 Å². The van der Waals surface area contributed by atoms with Gasteiger partial charge in [-0.1, -0.05) is 71.1 Å². The zero-order chi connectivity index (χ0) is 15.5. The molecule has 114 valence electrons.